The summed E-state index contributed by atoms with van der Waals surface area (Å²) in [6.07, 6.45) is 5.92. The molecule has 1 N–H and O–H groups in total. The lowest BCUT2D eigenvalue weighted by atomic mass is 9.78. The smallest absolute Gasteiger partial charge is 0.177 e. The van der Waals surface area contributed by atoms with Crippen molar-refractivity contribution in [3.63, 3.8) is 0 Å². The van der Waals surface area contributed by atoms with Crippen LogP contribution >= 0.6 is 0 Å². The predicted molar refractivity (Wildman–Crippen MR) is 110 cm³/mol. The lowest BCUT2D eigenvalue weighted by Gasteiger charge is -2.40. The van der Waals surface area contributed by atoms with Crippen LogP contribution in [0.1, 0.15) is 36.6 Å². The second-order valence-corrected chi connectivity index (χ2v) is 8.40. The number of likely N-dealkylation sites (tertiary alicyclic amines) is 1. The van der Waals surface area contributed by atoms with Crippen molar-refractivity contribution >= 4 is 11.5 Å². The Balaban J connectivity index is 1.18. The molecule has 5 heterocycles. The number of aliphatic hydroxyl groups is 1. The molecule has 0 aliphatic carbocycles. The third kappa shape index (κ3) is 3.60. The number of hydrogen-bond acceptors (Lipinski definition) is 8. The highest BCUT2D eigenvalue weighted by Crippen LogP contribution is 2.41. The molecule has 2 saturated heterocycles. The Morgan fingerprint density at radius 1 is 1.13 bits per heavy atom. The van der Waals surface area contributed by atoms with Gasteiger partial charge in [0.15, 0.2) is 5.65 Å². The second-order valence-electron chi connectivity index (χ2n) is 8.40. The molecule has 1 spiro atoms. The number of pyridine rings is 1. The van der Waals surface area contributed by atoms with Crippen molar-refractivity contribution < 1.29 is 5.11 Å². The van der Waals surface area contributed by atoms with Gasteiger partial charge in [0.2, 0.25) is 0 Å². The lowest BCUT2D eigenvalue weighted by molar-refractivity contribution is 0.111. The van der Waals surface area contributed by atoms with Crippen LogP contribution in [0.3, 0.4) is 0 Å². The summed E-state index contributed by atoms with van der Waals surface area (Å²) >= 11 is 0. The van der Waals surface area contributed by atoms with Crippen LogP contribution in [-0.4, -0.2) is 67.5 Å². The van der Waals surface area contributed by atoms with Gasteiger partial charge in [0.25, 0.3) is 0 Å². The first-order valence-corrected chi connectivity index (χ1v) is 10.3. The minimum absolute atomic E-state index is 0.314. The van der Waals surface area contributed by atoms with E-state index in [0.29, 0.717) is 23.2 Å². The second kappa shape index (κ2) is 7.63. The molecule has 3 aromatic rings. The summed E-state index contributed by atoms with van der Waals surface area (Å²) in [7, 11) is 0. The number of anilines is 1. The van der Waals surface area contributed by atoms with Crippen molar-refractivity contribution in [1.29, 1.82) is 5.26 Å². The topological polar surface area (TPSA) is 106 Å². The van der Waals surface area contributed by atoms with Gasteiger partial charge in [-0.3, -0.25) is 9.88 Å². The van der Waals surface area contributed by atoms with Crippen LogP contribution in [0.5, 0.6) is 0 Å². The van der Waals surface area contributed by atoms with E-state index in [2.05, 4.69) is 36.1 Å². The van der Waals surface area contributed by atoms with Gasteiger partial charge in [0.05, 0.1) is 11.3 Å². The molecule has 0 saturated carbocycles. The van der Waals surface area contributed by atoms with E-state index >= 15 is 0 Å². The summed E-state index contributed by atoms with van der Waals surface area (Å²) in [6, 6.07) is 9.48. The molecule has 5 rings (SSSR count). The third-order valence-electron chi connectivity index (χ3n) is 6.50. The SMILES string of the molecule is N#Cc1ccc(C(O)CN2CCC3(CCN(c4ccc5nncn5n4)CC3)C2)nc1. The highest BCUT2D eigenvalue weighted by molar-refractivity contribution is 5.45. The number of piperidine rings is 1. The number of aliphatic hydroxyl groups excluding tert-OH is 1. The van der Waals surface area contributed by atoms with Gasteiger partial charge in [-0.25, -0.2) is 0 Å². The first-order valence-electron chi connectivity index (χ1n) is 10.3. The number of nitriles is 1. The Bertz CT molecular complexity index is 1060. The van der Waals surface area contributed by atoms with Gasteiger partial charge in [-0.2, -0.15) is 9.78 Å². The third-order valence-corrected chi connectivity index (χ3v) is 6.50. The quantitative estimate of drug-likeness (QED) is 0.696. The van der Waals surface area contributed by atoms with Crippen molar-refractivity contribution in [2.45, 2.75) is 25.4 Å². The fraction of sp³-hybridized carbons (Fsp3) is 0.476. The van der Waals surface area contributed by atoms with Crippen LogP contribution in [0.4, 0.5) is 5.82 Å². The summed E-state index contributed by atoms with van der Waals surface area (Å²) in [6.45, 7) is 4.54. The molecule has 0 radical (unpaired) electrons. The molecule has 9 nitrogen and oxygen atoms in total. The van der Waals surface area contributed by atoms with Gasteiger partial charge in [-0.15, -0.1) is 15.3 Å². The summed E-state index contributed by atoms with van der Waals surface area (Å²) in [4.78, 5) is 8.92. The van der Waals surface area contributed by atoms with Gasteiger partial charge in [0.1, 0.15) is 24.3 Å². The monoisotopic (exact) mass is 404 g/mol. The summed E-state index contributed by atoms with van der Waals surface area (Å²) in [5.41, 5.74) is 2.21. The molecular weight excluding hydrogens is 380 g/mol. The Morgan fingerprint density at radius 3 is 2.73 bits per heavy atom. The molecule has 3 aromatic heterocycles. The number of aromatic nitrogens is 5. The molecule has 2 fully saturated rings. The average Bonchev–Trinajstić information content (AvgIpc) is 3.41. The molecule has 154 valence electrons. The minimum atomic E-state index is -0.632. The zero-order valence-corrected chi connectivity index (χ0v) is 16.7. The summed E-state index contributed by atoms with van der Waals surface area (Å²) < 4.78 is 1.72. The first kappa shape index (κ1) is 18.9. The summed E-state index contributed by atoms with van der Waals surface area (Å²) in [5.74, 6) is 0.967. The van der Waals surface area contributed by atoms with E-state index in [4.69, 9.17) is 5.26 Å². The molecular formula is C21H24N8O. The number of rotatable bonds is 4. The van der Waals surface area contributed by atoms with Gasteiger partial charge in [-0.1, -0.05) is 0 Å². The van der Waals surface area contributed by atoms with E-state index in [-0.39, 0.29) is 0 Å². The van der Waals surface area contributed by atoms with Crippen LogP contribution in [0.25, 0.3) is 5.65 Å². The zero-order chi connectivity index (χ0) is 20.6. The number of hydrogen-bond donors (Lipinski definition) is 1. The summed E-state index contributed by atoms with van der Waals surface area (Å²) in [5, 5.41) is 32.0. The standard InChI is InChI=1S/C21H24N8O/c22-11-16-1-2-17(23-12-16)18(30)13-27-8-5-21(14-27)6-9-28(10-7-21)20-4-3-19-25-24-15-29(19)26-20/h1-4,12,15,18,30H,5-10,13-14H2. The van der Waals surface area contributed by atoms with Crippen LogP contribution < -0.4 is 4.90 Å². The minimum Gasteiger partial charge on any atom is -0.385 e. The van der Waals surface area contributed by atoms with E-state index < -0.39 is 6.10 Å². The average molecular weight is 404 g/mol. The molecule has 1 atom stereocenters. The molecule has 30 heavy (non-hydrogen) atoms. The highest BCUT2D eigenvalue weighted by Gasteiger charge is 2.41. The van der Waals surface area contributed by atoms with E-state index in [1.807, 2.05) is 12.1 Å². The van der Waals surface area contributed by atoms with Gasteiger partial charge in [-0.05, 0) is 55.5 Å². The fourth-order valence-electron chi connectivity index (χ4n) is 4.70. The largest absolute Gasteiger partial charge is 0.385 e. The van der Waals surface area contributed by atoms with Crippen molar-refractivity contribution in [2.24, 2.45) is 5.41 Å². The van der Waals surface area contributed by atoms with Gasteiger partial charge < -0.3 is 10.0 Å². The van der Waals surface area contributed by atoms with E-state index in [1.165, 1.54) is 6.20 Å². The normalized spacial score (nSPS) is 19.9. The maximum Gasteiger partial charge on any atom is 0.177 e. The highest BCUT2D eigenvalue weighted by atomic mass is 16.3. The van der Waals surface area contributed by atoms with Crippen molar-refractivity contribution in [3.05, 3.63) is 48.0 Å². The van der Waals surface area contributed by atoms with Crippen molar-refractivity contribution in [3.8, 4) is 6.07 Å². The zero-order valence-electron chi connectivity index (χ0n) is 16.7. The maximum absolute atomic E-state index is 10.6. The number of nitrogens with zero attached hydrogens (tertiary/aromatic N) is 8. The van der Waals surface area contributed by atoms with Crippen LogP contribution in [0, 0.1) is 16.7 Å². The predicted octanol–water partition coefficient (Wildman–Crippen LogP) is 1.42. The Kier molecular flexibility index (Phi) is 4.81. The molecule has 2 aliphatic heterocycles. The van der Waals surface area contributed by atoms with Crippen molar-refractivity contribution in [1.82, 2.24) is 29.7 Å². The van der Waals surface area contributed by atoms with Gasteiger partial charge in [0, 0.05) is 32.4 Å². The molecule has 0 amide bonds. The number of β-amino-alcohol motifs (C(OH)–C–C–N with tert-alkyl or cyclic N) is 1. The maximum atomic E-state index is 10.6. The first-order chi connectivity index (χ1) is 14.6. The van der Waals surface area contributed by atoms with E-state index in [0.717, 1.165) is 56.9 Å². The molecule has 0 bridgehead atoms. The Morgan fingerprint density at radius 2 is 1.97 bits per heavy atom. The van der Waals surface area contributed by atoms with Crippen LogP contribution in [-0.2, 0) is 0 Å². The van der Waals surface area contributed by atoms with Crippen molar-refractivity contribution in [2.75, 3.05) is 37.6 Å². The fourth-order valence-corrected chi connectivity index (χ4v) is 4.70. The van der Waals surface area contributed by atoms with E-state index in [9.17, 15) is 5.11 Å². The van der Waals surface area contributed by atoms with Crippen LogP contribution in [0.15, 0.2) is 36.8 Å². The number of fused-ring (bicyclic) bond motifs is 1. The Hall–Kier alpha value is -3.09. The van der Waals surface area contributed by atoms with Crippen LogP contribution in [0.2, 0.25) is 0 Å². The lowest BCUT2D eigenvalue weighted by Crippen LogP contribution is -2.42. The Labute approximate surface area is 174 Å². The van der Waals surface area contributed by atoms with Gasteiger partial charge >= 0.3 is 0 Å². The molecule has 0 aromatic carbocycles. The molecule has 9 heteroatoms. The molecule has 1 unspecified atom stereocenters. The van der Waals surface area contributed by atoms with E-state index in [1.54, 1.807) is 23.0 Å². The molecule has 2 aliphatic rings.